The monoisotopic (exact) mass is 391 g/mol. The third-order valence-corrected chi connectivity index (χ3v) is 4.98. The summed E-state index contributed by atoms with van der Waals surface area (Å²) in [7, 11) is 0. The number of fused-ring (bicyclic) bond motifs is 1. The molecular weight excluding hydrogens is 371 g/mol. The molecule has 0 unspecified atom stereocenters. The van der Waals surface area contributed by atoms with Gasteiger partial charge >= 0.3 is 6.18 Å². The maximum atomic E-state index is 12.7. The molecule has 1 aliphatic heterocycles. The zero-order valence-electron chi connectivity index (χ0n) is 15.0. The highest BCUT2D eigenvalue weighted by Crippen LogP contribution is 2.30. The fourth-order valence-electron chi connectivity index (χ4n) is 3.52. The van der Waals surface area contributed by atoms with Crippen molar-refractivity contribution in [1.29, 1.82) is 0 Å². The van der Waals surface area contributed by atoms with E-state index in [1.165, 1.54) is 12.1 Å². The van der Waals surface area contributed by atoms with Crippen LogP contribution >= 0.6 is 0 Å². The van der Waals surface area contributed by atoms with Crippen molar-refractivity contribution < 1.29 is 18.3 Å². The number of likely N-dealkylation sites (tertiary alicyclic amines) is 1. The number of nitrogens with zero attached hydrogens (tertiary/aromatic N) is 4. The lowest BCUT2D eigenvalue weighted by Crippen LogP contribution is -2.32. The predicted molar refractivity (Wildman–Crippen MR) is 98.2 cm³/mol. The van der Waals surface area contributed by atoms with Gasteiger partial charge in [0.15, 0.2) is 5.65 Å². The van der Waals surface area contributed by atoms with Crippen LogP contribution in [-0.4, -0.2) is 43.8 Å². The number of rotatable bonds is 5. The van der Waals surface area contributed by atoms with Crippen molar-refractivity contribution in [3.8, 4) is 0 Å². The molecule has 1 aromatic carbocycles. The number of benzene rings is 1. The first kappa shape index (κ1) is 18.7. The summed E-state index contributed by atoms with van der Waals surface area (Å²) in [5, 5.41) is 16.9. The Morgan fingerprint density at radius 1 is 1.14 bits per heavy atom. The molecule has 0 radical (unpaired) electrons. The van der Waals surface area contributed by atoms with E-state index in [2.05, 4.69) is 20.3 Å². The summed E-state index contributed by atoms with van der Waals surface area (Å²) >= 11 is 0. The van der Waals surface area contributed by atoms with Gasteiger partial charge in [-0.25, -0.2) is 4.52 Å². The molecule has 9 heteroatoms. The van der Waals surface area contributed by atoms with Crippen LogP contribution in [0.2, 0.25) is 0 Å². The summed E-state index contributed by atoms with van der Waals surface area (Å²) in [5.41, 5.74) is 1.36. The molecule has 4 rings (SSSR count). The van der Waals surface area contributed by atoms with Gasteiger partial charge in [-0.05, 0) is 55.8 Å². The van der Waals surface area contributed by atoms with E-state index in [4.69, 9.17) is 0 Å². The number of alkyl halides is 3. The molecule has 0 saturated carbocycles. The maximum absolute atomic E-state index is 12.7. The minimum atomic E-state index is -4.36. The van der Waals surface area contributed by atoms with Crippen LogP contribution in [0.15, 0.2) is 42.5 Å². The van der Waals surface area contributed by atoms with Gasteiger partial charge in [-0.2, -0.15) is 18.2 Å². The molecule has 0 spiro atoms. The fourth-order valence-corrected chi connectivity index (χ4v) is 3.52. The molecule has 0 bridgehead atoms. The lowest BCUT2D eigenvalue weighted by molar-refractivity contribution is -0.137. The molecule has 0 amide bonds. The highest BCUT2D eigenvalue weighted by Gasteiger charge is 2.30. The summed E-state index contributed by atoms with van der Waals surface area (Å²) in [6, 6.07) is 10.6. The Labute approximate surface area is 159 Å². The molecule has 1 atom stereocenters. The smallest absolute Gasteiger partial charge is 0.395 e. The SMILES string of the molecule is OC[C@@H]1CCCN1Cc1cccc2nc(Nc3ccc(C(F)(F)F)cc3)nn12. The fraction of sp³-hybridized carbons (Fsp3) is 0.368. The van der Waals surface area contributed by atoms with Gasteiger partial charge < -0.3 is 10.4 Å². The second kappa shape index (κ2) is 7.40. The quantitative estimate of drug-likeness (QED) is 0.698. The standard InChI is InChI=1S/C19H20F3N5O/c20-19(21,22)13-6-8-14(9-7-13)23-18-24-17-5-1-3-15(27(17)25-18)11-26-10-2-4-16(26)12-28/h1,3,5-9,16,28H,2,4,10-12H2,(H,23,25)/t16-/m0/s1. The Kier molecular flexibility index (Phi) is 4.94. The van der Waals surface area contributed by atoms with Crippen LogP contribution in [0.5, 0.6) is 0 Å². The molecule has 3 heterocycles. The Hall–Kier alpha value is -2.65. The first-order valence-corrected chi connectivity index (χ1v) is 9.08. The van der Waals surface area contributed by atoms with Gasteiger partial charge in [-0.15, -0.1) is 5.10 Å². The van der Waals surface area contributed by atoms with Gasteiger partial charge in [0.1, 0.15) is 0 Å². The second-order valence-corrected chi connectivity index (χ2v) is 6.87. The molecule has 1 aliphatic rings. The lowest BCUT2D eigenvalue weighted by Gasteiger charge is -2.22. The van der Waals surface area contributed by atoms with Crippen molar-refractivity contribution in [2.45, 2.75) is 31.6 Å². The Morgan fingerprint density at radius 3 is 2.64 bits per heavy atom. The molecule has 2 N–H and O–H groups in total. The highest BCUT2D eigenvalue weighted by atomic mass is 19.4. The Morgan fingerprint density at radius 2 is 1.93 bits per heavy atom. The van der Waals surface area contributed by atoms with E-state index in [0.717, 1.165) is 37.2 Å². The van der Waals surface area contributed by atoms with Crippen molar-refractivity contribution in [2.24, 2.45) is 0 Å². The molecule has 1 fully saturated rings. The number of aromatic nitrogens is 3. The van der Waals surface area contributed by atoms with Crippen LogP contribution in [0.1, 0.15) is 24.1 Å². The van der Waals surface area contributed by atoms with Gasteiger partial charge in [0.25, 0.3) is 0 Å². The number of halogens is 3. The van der Waals surface area contributed by atoms with Crippen molar-refractivity contribution in [3.05, 3.63) is 53.7 Å². The van der Waals surface area contributed by atoms with E-state index in [-0.39, 0.29) is 12.6 Å². The molecule has 3 aromatic rings. The number of pyridine rings is 1. The van der Waals surface area contributed by atoms with Gasteiger partial charge in [0.2, 0.25) is 5.95 Å². The lowest BCUT2D eigenvalue weighted by atomic mass is 10.2. The maximum Gasteiger partial charge on any atom is 0.416 e. The molecule has 1 saturated heterocycles. The molecule has 148 valence electrons. The topological polar surface area (TPSA) is 65.7 Å². The zero-order valence-corrected chi connectivity index (χ0v) is 15.0. The first-order chi connectivity index (χ1) is 13.4. The number of hydrogen-bond donors (Lipinski definition) is 2. The average molecular weight is 391 g/mol. The van der Waals surface area contributed by atoms with Crippen LogP contribution in [0, 0.1) is 0 Å². The largest absolute Gasteiger partial charge is 0.416 e. The summed E-state index contributed by atoms with van der Waals surface area (Å²) in [6.07, 6.45) is -2.33. The van der Waals surface area contributed by atoms with Gasteiger partial charge in [0.05, 0.1) is 17.9 Å². The molecule has 2 aromatic heterocycles. The van der Waals surface area contributed by atoms with E-state index in [1.807, 2.05) is 18.2 Å². The van der Waals surface area contributed by atoms with Crippen LogP contribution in [-0.2, 0) is 12.7 Å². The van der Waals surface area contributed by atoms with Crippen LogP contribution in [0.4, 0.5) is 24.8 Å². The summed E-state index contributed by atoms with van der Waals surface area (Å²) in [4.78, 5) is 6.63. The number of anilines is 2. The van der Waals surface area contributed by atoms with E-state index in [0.29, 0.717) is 23.8 Å². The third-order valence-electron chi connectivity index (χ3n) is 4.98. The van der Waals surface area contributed by atoms with E-state index in [9.17, 15) is 18.3 Å². The highest BCUT2D eigenvalue weighted by molar-refractivity contribution is 5.56. The third kappa shape index (κ3) is 3.81. The Balaban J connectivity index is 1.55. The zero-order chi connectivity index (χ0) is 19.7. The summed E-state index contributed by atoms with van der Waals surface area (Å²) in [5.74, 6) is 0.312. The van der Waals surface area contributed by atoms with Crippen molar-refractivity contribution in [1.82, 2.24) is 19.5 Å². The van der Waals surface area contributed by atoms with Gasteiger partial charge in [-0.3, -0.25) is 4.90 Å². The number of aliphatic hydroxyl groups excluding tert-OH is 1. The predicted octanol–water partition coefficient (Wildman–Crippen LogP) is 3.45. The number of nitrogens with one attached hydrogen (secondary N) is 1. The van der Waals surface area contributed by atoms with Crippen molar-refractivity contribution >= 4 is 17.3 Å². The number of aliphatic hydroxyl groups is 1. The second-order valence-electron chi connectivity index (χ2n) is 6.87. The van der Waals surface area contributed by atoms with Gasteiger partial charge in [-0.1, -0.05) is 6.07 Å². The van der Waals surface area contributed by atoms with Crippen LogP contribution in [0.25, 0.3) is 5.65 Å². The Bertz CT molecular complexity index is 954. The molecule has 0 aliphatic carbocycles. The summed E-state index contributed by atoms with van der Waals surface area (Å²) < 4.78 is 39.8. The van der Waals surface area contributed by atoms with E-state index in [1.54, 1.807) is 4.52 Å². The number of hydrogen-bond acceptors (Lipinski definition) is 5. The molecule has 6 nitrogen and oxygen atoms in total. The minimum absolute atomic E-state index is 0.133. The van der Waals surface area contributed by atoms with Gasteiger partial charge in [0, 0.05) is 18.3 Å². The summed E-state index contributed by atoms with van der Waals surface area (Å²) in [6.45, 7) is 1.70. The molecular formula is C19H20F3N5O. The van der Waals surface area contributed by atoms with E-state index >= 15 is 0 Å². The average Bonchev–Trinajstić information content (AvgIpc) is 3.28. The van der Waals surface area contributed by atoms with E-state index < -0.39 is 11.7 Å². The molecule has 28 heavy (non-hydrogen) atoms. The minimum Gasteiger partial charge on any atom is -0.395 e. The van der Waals surface area contributed by atoms with Crippen molar-refractivity contribution in [2.75, 3.05) is 18.5 Å². The normalized spacial score (nSPS) is 18.1. The first-order valence-electron chi connectivity index (χ1n) is 9.08. The van der Waals surface area contributed by atoms with Crippen molar-refractivity contribution in [3.63, 3.8) is 0 Å². The van der Waals surface area contributed by atoms with Crippen LogP contribution < -0.4 is 5.32 Å². The van der Waals surface area contributed by atoms with Crippen LogP contribution in [0.3, 0.4) is 0 Å².